The molecule has 118 valence electrons. The van der Waals surface area contributed by atoms with E-state index >= 15 is 0 Å². The number of carbonyl (C=O) groups excluding carboxylic acids is 1. The highest BCUT2D eigenvalue weighted by Gasteiger charge is 2.12. The molecular formula is C17H18N4O2. The normalized spacial score (nSPS) is 10.6. The molecule has 0 saturated carbocycles. The molecule has 2 heterocycles. The molecule has 1 aromatic carbocycles. The second-order valence-electron chi connectivity index (χ2n) is 5.17. The van der Waals surface area contributed by atoms with Crippen molar-refractivity contribution in [2.75, 3.05) is 6.54 Å². The van der Waals surface area contributed by atoms with E-state index in [2.05, 4.69) is 15.6 Å². The summed E-state index contributed by atoms with van der Waals surface area (Å²) in [6.07, 6.45) is 5.53. The Balaban J connectivity index is 1.44. The maximum absolute atomic E-state index is 12.0. The van der Waals surface area contributed by atoms with E-state index in [1.165, 1.54) is 0 Å². The number of amides is 1. The molecule has 3 aromatic rings. The standard InChI is InChI=1S/C17H18N4O2/c22-17(18-9-4-5-11-21-12-6-10-19-21)15-13-16(23-20-15)14-7-2-1-3-8-14/h1-3,6-8,10,12-13H,4-5,9,11H2,(H,18,22). The lowest BCUT2D eigenvalue weighted by molar-refractivity contribution is 0.0944. The van der Waals surface area contributed by atoms with Crippen LogP contribution in [0.25, 0.3) is 11.3 Å². The molecule has 2 aromatic heterocycles. The van der Waals surface area contributed by atoms with Crippen LogP contribution in [-0.4, -0.2) is 27.4 Å². The van der Waals surface area contributed by atoms with E-state index in [0.29, 0.717) is 18.0 Å². The summed E-state index contributed by atoms with van der Waals surface area (Å²) in [6.45, 7) is 1.46. The van der Waals surface area contributed by atoms with Gasteiger partial charge in [0.15, 0.2) is 11.5 Å². The molecule has 6 heteroatoms. The summed E-state index contributed by atoms with van der Waals surface area (Å²) < 4.78 is 7.11. The quantitative estimate of drug-likeness (QED) is 0.681. The number of hydrogen-bond donors (Lipinski definition) is 1. The largest absolute Gasteiger partial charge is 0.355 e. The van der Waals surface area contributed by atoms with Crippen LogP contribution in [0.15, 0.2) is 59.4 Å². The van der Waals surface area contributed by atoms with Gasteiger partial charge in [-0.2, -0.15) is 5.10 Å². The molecule has 0 aliphatic heterocycles. The van der Waals surface area contributed by atoms with Crippen LogP contribution in [0.5, 0.6) is 0 Å². The summed E-state index contributed by atoms with van der Waals surface area (Å²) in [5.41, 5.74) is 1.20. The van der Waals surface area contributed by atoms with Gasteiger partial charge in [-0.15, -0.1) is 0 Å². The fourth-order valence-corrected chi connectivity index (χ4v) is 2.24. The molecule has 0 aliphatic rings. The highest BCUT2D eigenvalue weighted by atomic mass is 16.5. The Hall–Kier alpha value is -2.89. The number of nitrogens with one attached hydrogen (secondary N) is 1. The monoisotopic (exact) mass is 310 g/mol. The smallest absolute Gasteiger partial charge is 0.273 e. The minimum atomic E-state index is -0.213. The maximum atomic E-state index is 12.0. The van der Waals surface area contributed by atoms with Crippen molar-refractivity contribution in [1.29, 1.82) is 0 Å². The first-order valence-corrected chi connectivity index (χ1v) is 7.61. The van der Waals surface area contributed by atoms with Crippen LogP contribution in [0.1, 0.15) is 23.3 Å². The lowest BCUT2D eigenvalue weighted by Gasteiger charge is -2.03. The van der Waals surface area contributed by atoms with Crippen LogP contribution in [0.3, 0.4) is 0 Å². The molecule has 0 radical (unpaired) electrons. The van der Waals surface area contributed by atoms with E-state index in [1.807, 2.05) is 47.3 Å². The zero-order valence-corrected chi connectivity index (χ0v) is 12.7. The number of rotatable bonds is 7. The van der Waals surface area contributed by atoms with Gasteiger partial charge in [0.05, 0.1) is 0 Å². The number of unbranched alkanes of at least 4 members (excludes halogenated alkanes) is 1. The number of benzene rings is 1. The molecule has 1 N–H and O–H groups in total. The second kappa shape index (κ2) is 7.40. The zero-order chi connectivity index (χ0) is 15.9. The molecule has 1 amide bonds. The van der Waals surface area contributed by atoms with E-state index < -0.39 is 0 Å². The van der Waals surface area contributed by atoms with Gasteiger partial charge in [-0.25, -0.2) is 0 Å². The van der Waals surface area contributed by atoms with Gasteiger partial charge in [0, 0.05) is 37.1 Å². The van der Waals surface area contributed by atoms with Crippen LogP contribution < -0.4 is 5.32 Å². The molecule has 0 spiro atoms. The van der Waals surface area contributed by atoms with E-state index in [9.17, 15) is 4.79 Å². The maximum Gasteiger partial charge on any atom is 0.273 e. The number of aryl methyl sites for hydroxylation is 1. The van der Waals surface area contributed by atoms with Crippen molar-refractivity contribution in [3.8, 4) is 11.3 Å². The van der Waals surface area contributed by atoms with Crippen molar-refractivity contribution in [3.05, 3.63) is 60.6 Å². The van der Waals surface area contributed by atoms with Gasteiger partial charge in [-0.05, 0) is 18.9 Å². The van der Waals surface area contributed by atoms with Gasteiger partial charge in [-0.1, -0.05) is 35.5 Å². The van der Waals surface area contributed by atoms with Crippen LogP contribution in [-0.2, 0) is 6.54 Å². The summed E-state index contributed by atoms with van der Waals surface area (Å²) in [6, 6.07) is 13.1. The molecule has 0 saturated heterocycles. The van der Waals surface area contributed by atoms with Crippen LogP contribution >= 0.6 is 0 Å². The van der Waals surface area contributed by atoms with Gasteiger partial charge in [0.2, 0.25) is 0 Å². The Morgan fingerprint density at radius 2 is 2.04 bits per heavy atom. The molecule has 6 nitrogen and oxygen atoms in total. The highest BCUT2D eigenvalue weighted by molar-refractivity contribution is 5.93. The molecule has 0 unspecified atom stereocenters. The minimum absolute atomic E-state index is 0.213. The first-order valence-electron chi connectivity index (χ1n) is 7.61. The van der Waals surface area contributed by atoms with Crippen LogP contribution in [0.4, 0.5) is 0 Å². The summed E-state index contributed by atoms with van der Waals surface area (Å²) in [4.78, 5) is 12.0. The predicted octanol–water partition coefficient (Wildman–Crippen LogP) is 2.75. The van der Waals surface area contributed by atoms with E-state index in [1.54, 1.807) is 12.3 Å². The summed E-state index contributed by atoms with van der Waals surface area (Å²) in [5, 5.41) is 10.8. The fraction of sp³-hybridized carbons (Fsp3) is 0.235. The molecular weight excluding hydrogens is 292 g/mol. The number of nitrogens with zero attached hydrogens (tertiary/aromatic N) is 3. The third kappa shape index (κ3) is 4.06. The average molecular weight is 310 g/mol. The lowest BCUT2D eigenvalue weighted by atomic mass is 10.1. The Morgan fingerprint density at radius 1 is 1.17 bits per heavy atom. The predicted molar refractivity (Wildman–Crippen MR) is 85.7 cm³/mol. The third-order valence-electron chi connectivity index (χ3n) is 3.46. The van der Waals surface area contributed by atoms with E-state index in [0.717, 1.165) is 24.9 Å². The summed E-state index contributed by atoms with van der Waals surface area (Å²) >= 11 is 0. The highest BCUT2D eigenvalue weighted by Crippen LogP contribution is 2.19. The third-order valence-corrected chi connectivity index (χ3v) is 3.46. The lowest BCUT2D eigenvalue weighted by Crippen LogP contribution is -2.24. The minimum Gasteiger partial charge on any atom is -0.355 e. The first kappa shape index (κ1) is 15.0. The van der Waals surface area contributed by atoms with Gasteiger partial charge in [0.25, 0.3) is 5.91 Å². The van der Waals surface area contributed by atoms with Gasteiger partial charge < -0.3 is 9.84 Å². The Morgan fingerprint density at radius 3 is 2.83 bits per heavy atom. The molecule has 0 bridgehead atoms. The van der Waals surface area contributed by atoms with E-state index in [4.69, 9.17) is 4.52 Å². The number of carbonyl (C=O) groups is 1. The van der Waals surface area contributed by atoms with Crippen molar-refractivity contribution in [1.82, 2.24) is 20.3 Å². The molecule has 3 rings (SSSR count). The van der Waals surface area contributed by atoms with Crippen molar-refractivity contribution in [3.63, 3.8) is 0 Å². The number of hydrogen-bond acceptors (Lipinski definition) is 4. The average Bonchev–Trinajstić information content (AvgIpc) is 3.27. The van der Waals surface area contributed by atoms with Gasteiger partial charge in [-0.3, -0.25) is 9.48 Å². The second-order valence-corrected chi connectivity index (χ2v) is 5.17. The first-order chi connectivity index (χ1) is 11.3. The van der Waals surface area contributed by atoms with Crippen molar-refractivity contribution in [2.24, 2.45) is 0 Å². The van der Waals surface area contributed by atoms with Crippen LogP contribution in [0.2, 0.25) is 0 Å². The van der Waals surface area contributed by atoms with Gasteiger partial charge >= 0.3 is 0 Å². The Labute approximate surface area is 134 Å². The van der Waals surface area contributed by atoms with E-state index in [-0.39, 0.29) is 5.91 Å². The zero-order valence-electron chi connectivity index (χ0n) is 12.7. The number of aromatic nitrogens is 3. The molecule has 0 fully saturated rings. The Bertz CT molecular complexity index is 735. The SMILES string of the molecule is O=C(NCCCCn1cccn1)c1cc(-c2ccccc2)on1. The topological polar surface area (TPSA) is 73.0 Å². The molecule has 0 atom stereocenters. The summed E-state index contributed by atoms with van der Waals surface area (Å²) in [7, 11) is 0. The fourth-order valence-electron chi connectivity index (χ4n) is 2.24. The Kier molecular flexibility index (Phi) is 4.83. The van der Waals surface area contributed by atoms with Crippen LogP contribution in [0, 0.1) is 0 Å². The van der Waals surface area contributed by atoms with Crippen molar-refractivity contribution < 1.29 is 9.32 Å². The van der Waals surface area contributed by atoms with Crippen molar-refractivity contribution in [2.45, 2.75) is 19.4 Å². The van der Waals surface area contributed by atoms with Crippen molar-refractivity contribution >= 4 is 5.91 Å². The summed E-state index contributed by atoms with van der Waals surface area (Å²) in [5.74, 6) is 0.379. The molecule has 0 aliphatic carbocycles. The van der Waals surface area contributed by atoms with Gasteiger partial charge in [0.1, 0.15) is 0 Å². The molecule has 23 heavy (non-hydrogen) atoms.